The van der Waals surface area contributed by atoms with E-state index in [0.717, 1.165) is 17.5 Å². The first-order valence-corrected chi connectivity index (χ1v) is 11.7. The average molecular weight is 459 g/mol. The van der Waals surface area contributed by atoms with Crippen LogP contribution < -0.4 is 14.8 Å². The number of anilines is 1. The lowest BCUT2D eigenvalue weighted by atomic mass is 10.0. The van der Waals surface area contributed by atoms with Gasteiger partial charge in [-0.1, -0.05) is 62.4 Å². The number of fused-ring (bicyclic) bond motifs is 1. The van der Waals surface area contributed by atoms with E-state index < -0.39 is 6.10 Å². The molecule has 3 aromatic rings. The van der Waals surface area contributed by atoms with Gasteiger partial charge in [0.15, 0.2) is 12.7 Å². The standard InChI is InChI=1S/C28H30N2O4/c1-3-24(20-11-7-5-8-12-20)30-18-21-17-22(15-16-26(21)34-25(4-2)28(30)32)29-27(31)19-33-23-13-9-6-10-14-23/h5-17,24-25H,3-4,18-19H2,1-2H3,(H,29,31)/t24-,25+/m0/s1. The van der Waals surface area contributed by atoms with Gasteiger partial charge >= 0.3 is 0 Å². The fraction of sp³-hybridized carbons (Fsp3) is 0.286. The number of nitrogens with zero attached hydrogens (tertiary/aromatic N) is 1. The molecule has 6 heteroatoms. The normalized spacial score (nSPS) is 16.1. The molecule has 0 fully saturated rings. The largest absolute Gasteiger partial charge is 0.484 e. The van der Waals surface area contributed by atoms with E-state index >= 15 is 0 Å². The summed E-state index contributed by atoms with van der Waals surface area (Å²) in [6, 6.07) is 24.7. The predicted octanol–water partition coefficient (Wildman–Crippen LogP) is 5.36. The number of rotatable bonds is 8. The van der Waals surface area contributed by atoms with E-state index in [0.29, 0.717) is 30.2 Å². The lowest BCUT2D eigenvalue weighted by Gasteiger charge is -2.32. The Morgan fingerprint density at radius 2 is 1.76 bits per heavy atom. The molecule has 3 aromatic carbocycles. The Morgan fingerprint density at radius 1 is 1.06 bits per heavy atom. The molecular formula is C28H30N2O4. The van der Waals surface area contributed by atoms with Crippen LogP contribution in [0.25, 0.3) is 0 Å². The summed E-state index contributed by atoms with van der Waals surface area (Å²) in [4.78, 5) is 27.8. The Hall–Kier alpha value is -3.80. The lowest BCUT2D eigenvalue weighted by molar-refractivity contribution is -0.141. The molecule has 0 spiro atoms. The zero-order valence-electron chi connectivity index (χ0n) is 19.6. The van der Waals surface area contributed by atoms with Crippen LogP contribution in [0.15, 0.2) is 78.9 Å². The van der Waals surface area contributed by atoms with E-state index in [1.807, 2.05) is 60.4 Å². The fourth-order valence-corrected chi connectivity index (χ4v) is 4.24. The summed E-state index contributed by atoms with van der Waals surface area (Å²) >= 11 is 0. The molecule has 0 radical (unpaired) electrons. The van der Waals surface area contributed by atoms with Crippen LogP contribution in [0.5, 0.6) is 11.5 Å². The Balaban J connectivity index is 1.54. The molecule has 1 aliphatic rings. The van der Waals surface area contributed by atoms with Crippen molar-refractivity contribution in [1.29, 1.82) is 0 Å². The summed E-state index contributed by atoms with van der Waals surface area (Å²) in [6.45, 7) is 4.35. The van der Waals surface area contributed by atoms with Crippen molar-refractivity contribution in [2.75, 3.05) is 11.9 Å². The van der Waals surface area contributed by atoms with Crippen molar-refractivity contribution in [3.8, 4) is 11.5 Å². The number of benzene rings is 3. The highest BCUT2D eigenvalue weighted by molar-refractivity contribution is 5.92. The number of ether oxygens (including phenoxy) is 2. The number of hydrogen-bond donors (Lipinski definition) is 1. The average Bonchev–Trinajstić information content (AvgIpc) is 3.01. The first-order chi connectivity index (χ1) is 16.6. The number of carbonyl (C=O) groups excluding carboxylic acids is 2. The zero-order valence-corrected chi connectivity index (χ0v) is 19.6. The SMILES string of the molecule is CC[C@H]1Oc2ccc(NC(=O)COc3ccccc3)cc2CN([C@@H](CC)c2ccccc2)C1=O. The molecule has 2 atom stereocenters. The second-order valence-electron chi connectivity index (χ2n) is 8.29. The third-order valence-electron chi connectivity index (χ3n) is 5.94. The van der Waals surface area contributed by atoms with Crippen molar-refractivity contribution in [2.45, 2.75) is 45.4 Å². The van der Waals surface area contributed by atoms with E-state index in [1.54, 1.807) is 18.2 Å². The first-order valence-electron chi connectivity index (χ1n) is 11.7. The molecule has 1 N–H and O–H groups in total. The van der Waals surface area contributed by atoms with E-state index in [9.17, 15) is 9.59 Å². The number of carbonyl (C=O) groups is 2. The van der Waals surface area contributed by atoms with Gasteiger partial charge in [-0.2, -0.15) is 0 Å². The monoisotopic (exact) mass is 458 g/mol. The lowest BCUT2D eigenvalue weighted by Crippen LogP contribution is -2.41. The molecule has 34 heavy (non-hydrogen) atoms. The van der Waals surface area contributed by atoms with Gasteiger partial charge in [0, 0.05) is 11.3 Å². The highest BCUT2D eigenvalue weighted by atomic mass is 16.5. The van der Waals surface area contributed by atoms with E-state index in [4.69, 9.17) is 9.47 Å². The minimum absolute atomic E-state index is 0.0174. The highest BCUT2D eigenvalue weighted by Gasteiger charge is 2.34. The van der Waals surface area contributed by atoms with Crippen molar-refractivity contribution < 1.29 is 19.1 Å². The molecule has 0 saturated carbocycles. The Morgan fingerprint density at radius 3 is 2.44 bits per heavy atom. The van der Waals surface area contributed by atoms with E-state index in [1.165, 1.54) is 0 Å². The second kappa shape index (κ2) is 10.9. The minimum atomic E-state index is -0.543. The molecule has 0 saturated heterocycles. The quantitative estimate of drug-likeness (QED) is 0.494. The van der Waals surface area contributed by atoms with Crippen molar-refractivity contribution in [3.63, 3.8) is 0 Å². The van der Waals surface area contributed by atoms with Crippen LogP contribution in [0.3, 0.4) is 0 Å². The molecule has 0 unspecified atom stereocenters. The minimum Gasteiger partial charge on any atom is -0.484 e. The van der Waals surface area contributed by atoms with Crippen molar-refractivity contribution in [1.82, 2.24) is 4.90 Å². The Bertz CT molecular complexity index is 1120. The topological polar surface area (TPSA) is 67.9 Å². The molecule has 176 valence electrons. The molecule has 0 aliphatic carbocycles. The maximum absolute atomic E-state index is 13.4. The van der Waals surface area contributed by atoms with Gasteiger partial charge in [-0.25, -0.2) is 0 Å². The Kier molecular flexibility index (Phi) is 7.48. The summed E-state index contributed by atoms with van der Waals surface area (Å²) in [5.74, 6) is 1.04. The number of para-hydroxylation sites is 1. The molecule has 6 nitrogen and oxygen atoms in total. The maximum atomic E-state index is 13.4. The summed E-state index contributed by atoms with van der Waals surface area (Å²) in [7, 11) is 0. The maximum Gasteiger partial charge on any atom is 0.264 e. The first kappa shape index (κ1) is 23.4. The zero-order chi connectivity index (χ0) is 23.9. The molecule has 1 heterocycles. The molecule has 4 rings (SSSR count). The van der Waals surface area contributed by atoms with Crippen molar-refractivity contribution in [3.05, 3.63) is 90.0 Å². The van der Waals surface area contributed by atoms with Crippen LogP contribution in [0.4, 0.5) is 5.69 Å². The number of amides is 2. The van der Waals surface area contributed by atoms with Crippen LogP contribution in [-0.4, -0.2) is 29.4 Å². The van der Waals surface area contributed by atoms with Gasteiger partial charge < -0.3 is 19.7 Å². The van der Waals surface area contributed by atoms with Gasteiger partial charge in [0.2, 0.25) is 0 Å². The highest BCUT2D eigenvalue weighted by Crippen LogP contribution is 2.34. The predicted molar refractivity (Wildman–Crippen MR) is 132 cm³/mol. The molecular weight excluding hydrogens is 428 g/mol. The van der Waals surface area contributed by atoms with Crippen LogP contribution >= 0.6 is 0 Å². The van der Waals surface area contributed by atoms with Gasteiger partial charge in [-0.15, -0.1) is 0 Å². The van der Waals surface area contributed by atoms with Crippen molar-refractivity contribution >= 4 is 17.5 Å². The summed E-state index contributed by atoms with van der Waals surface area (Å²) in [5, 5.41) is 2.89. The summed E-state index contributed by atoms with van der Waals surface area (Å²) in [5.41, 5.74) is 2.60. The van der Waals surface area contributed by atoms with Crippen LogP contribution in [0, 0.1) is 0 Å². The van der Waals surface area contributed by atoms with Crippen LogP contribution in [0.2, 0.25) is 0 Å². The third-order valence-corrected chi connectivity index (χ3v) is 5.94. The number of hydrogen-bond acceptors (Lipinski definition) is 4. The van der Waals surface area contributed by atoms with Crippen molar-refractivity contribution in [2.24, 2.45) is 0 Å². The molecule has 0 bridgehead atoms. The number of nitrogens with one attached hydrogen (secondary N) is 1. The fourth-order valence-electron chi connectivity index (χ4n) is 4.24. The van der Waals surface area contributed by atoms with Crippen LogP contribution in [0.1, 0.15) is 43.9 Å². The summed E-state index contributed by atoms with van der Waals surface area (Å²) < 4.78 is 11.7. The summed E-state index contributed by atoms with van der Waals surface area (Å²) in [6.07, 6.45) is 0.822. The van der Waals surface area contributed by atoms with E-state index in [2.05, 4.69) is 24.4 Å². The van der Waals surface area contributed by atoms with Gasteiger partial charge in [0.05, 0.1) is 12.6 Å². The van der Waals surface area contributed by atoms with Gasteiger partial charge in [0.1, 0.15) is 11.5 Å². The van der Waals surface area contributed by atoms with E-state index in [-0.39, 0.29) is 24.5 Å². The third kappa shape index (κ3) is 5.39. The molecule has 0 aromatic heterocycles. The smallest absolute Gasteiger partial charge is 0.264 e. The van der Waals surface area contributed by atoms with Gasteiger partial charge in [-0.05, 0) is 48.7 Å². The Labute approximate surface area is 200 Å². The molecule has 2 amide bonds. The second-order valence-corrected chi connectivity index (χ2v) is 8.29. The van der Waals surface area contributed by atoms with Crippen LogP contribution in [-0.2, 0) is 16.1 Å². The van der Waals surface area contributed by atoms with Gasteiger partial charge in [-0.3, -0.25) is 9.59 Å². The van der Waals surface area contributed by atoms with Gasteiger partial charge in [0.25, 0.3) is 11.8 Å². The molecule has 1 aliphatic heterocycles.